The average molecular weight is 234 g/mol. The van der Waals surface area contributed by atoms with Crippen LogP contribution in [0, 0.1) is 0 Å². The first kappa shape index (κ1) is 11.8. The van der Waals surface area contributed by atoms with Crippen LogP contribution >= 0.6 is 0 Å². The lowest BCUT2D eigenvalue weighted by Gasteiger charge is -2.34. The smallest absolute Gasteiger partial charge is 0.246 e. The number of benzene rings is 1. The van der Waals surface area contributed by atoms with Gasteiger partial charge in [-0.15, -0.1) is 0 Å². The van der Waals surface area contributed by atoms with Gasteiger partial charge in [-0.3, -0.25) is 4.79 Å². The van der Waals surface area contributed by atoms with Crippen LogP contribution in [0.2, 0.25) is 0 Å². The van der Waals surface area contributed by atoms with Gasteiger partial charge in [-0.1, -0.05) is 6.07 Å². The highest BCUT2D eigenvalue weighted by Gasteiger charge is 2.28. The molecule has 92 valence electrons. The molecule has 1 heterocycles. The number of likely N-dealkylation sites (N-methyl/N-ethyl adjacent to an activating group) is 1. The molecule has 1 atom stereocenters. The van der Waals surface area contributed by atoms with E-state index in [-0.39, 0.29) is 18.1 Å². The lowest BCUT2D eigenvalue weighted by atomic mass is 10.1. The fraction of sp³-hybridized carbons (Fsp3) is 0.462. The largest absolute Gasteiger partial charge is 0.489 e. The van der Waals surface area contributed by atoms with Crippen molar-refractivity contribution in [3.05, 3.63) is 18.2 Å². The number of hydrogen-bond acceptors (Lipinski definition) is 3. The number of nitrogens with zero attached hydrogens (tertiary/aromatic N) is 1. The lowest BCUT2D eigenvalue weighted by molar-refractivity contribution is -0.117. The summed E-state index contributed by atoms with van der Waals surface area (Å²) in [5, 5.41) is 2.91. The van der Waals surface area contributed by atoms with E-state index in [2.05, 4.69) is 5.32 Å². The monoisotopic (exact) mass is 234 g/mol. The predicted octanol–water partition coefficient (Wildman–Crippen LogP) is 2.25. The van der Waals surface area contributed by atoms with Gasteiger partial charge in [-0.2, -0.15) is 0 Å². The van der Waals surface area contributed by atoms with E-state index in [1.165, 1.54) is 0 Å². The van der Waals surface area contributed by atoms with E-state index in [1.807, 2.05) is 50.9 Å². The Morgan fingerprint density at radius 3 is 2.76 bits per heavy atom. The quantitative estimate of drug-likeness (QED) is 0.853. The Kier molecular flexibility index (Phi) is 2.96. The van der Waals surface area contributed by atoms with E-state index in [4.69, 9.17) is 4.74 Å². The zero-order valence-electron chi connectivity index (χ0n) is 10.7. The number of carbonyl (C=O) groups is 1. The van der Waals surface area contributed by atoms with Gasteiger partial charge in [0.1, 0.15) is 17.5 Å². The van der Waals surface area contributed by atoms with E-state index in [9.17, 15) is 4.79 Å². The third-order valence-electron chi connectivity index (χ3n) is 2.96. The number of amides is 1. The first-order valence-corrected chi connectivity index (χ1v) is 5.84. The highest BCUT2D eigenvalue weighted by Crippen LogP contribution is 2.38. The number of hydrogen-bond donors (Lipinski definition) is 1. The zero-order chi connectivity index (χ0) is 12.6. The summed E-state index contributed by atoms with van der Waals surface area (Å²) in [6, 6.07) is 5.65. The summed E-state index contributed by atoms with van der Waals surface area (Å²) in [6.07, 6.45) is 0.0862. The predicted molar refractivity (Wildman–Crippen MR) is 68.7 cm³/mol. The molecule has 1 amide bonds. The second-order valence-corrected chi connectivity index (χ2v) is 4.59. The van der Waals surface area contributed by atoms with Crippen LogP contribution in [0.25, 0.3) is 0 Å². The molecule has 0 radical (unpaired) electrons. The fourth-order valence-corrected chi connectivity index (χ4v) is 1.90. The highest BCUT2D eigenvalue weighted by molar-refractivity contribution is 6.04. The molecule has 4 heteroatoms. The van der Waals surface area contributed by atoms with Crippen LogP contribution in [0.4, 0.5) is 11.4 Å². The maximum atomic E-state index is 11.8. The molecule has 0 aromatic heterocycles. The molecular weight excluding hydrogens is 216 g/mol. The van der Waals surface area contributed by atoms with Crippen LogP contribution in [0.3, 0.4) is 0 Å². The minimum absolute atomic E-state index is 0.000180. The van der Waals surface area contributed by atoms with Gasteiger partial charge in [0.15, 0.2) is 0 Å². The Labute approximate surface area is 102 Å². The Balaban J connectivity index is 2.44. The molecule has 1 aromatic carbocycles. The molecule has 1 aliphatic rings. The molecule has 0 saturated carbocycles. The molecular formula is C13H18N2O2. The number of ether oxygens (including phenoxy) is 1. The average Bonchev–Trinajstić information content (AvgIpc) is 2.27. The van der Waals surface area contributed by atoms with Gasteiger partial charge in [0.2, 0.25) is 5.91 Å². The number of fused-ring (bicyclic) bond motifs is 1. The molecule has 1 unspecified atom stereocenters. The Bertz CT molecular complexity index is 443. The SMILES string of the molecule is CC(C)Oc1cccc2c1NC(=O)C(C)N2C. The summed E-state index contributed by atoms with van der Waals surface area (Å²) in [6.45, 7) is 5.82. The molecule has 0 aliphatic carbocycles. The van der Waals surface area contributed by atoms with Crippen molar-refractivity contribution in [3.8, 4) is 5.75 Å². The highest BCUT2D eigenvalue weighted by atomic mass is 16.5. The normalized spacial score (nSPS) is 19.0. The maximum Gasteiger partial charge on any atom is 0.246 e. The van der Waals surface area contributed by atoms with E-state index in [0.717, 1.165) is 17.1 Å². The summed E-state index contributed by atoms with van der Waals surface area (Å²) in [7, 11) is 1.92. The number of para-hydroxylation sites is 1. The van der Waals surface area contributed by atoms with Gasteiger partial charge >= 0.3 is 0 Å². The van der Waals surface area contributed by atoms with Gasteiger partial charge in [0.05, 0.1) is 11.8 Å². The zero-order valence-corrected chi connectivity index (χ0v) is 10.7. The van der Waals surface area contributed by atoms with Crippen LogP contribution in [-0.2, 0) is 4.79 Å². The van der Waals surface area contributed by atoms with Crippen LogP contribution in [0.1, 0.15) is 20.8 Å². The molecule has 1 N–H and O–H groups in total. The van der Waals surface area contributed by atoms with Crippen molar-refractivity contribution in [2.75, 3.05) is 17.3 Å². The minimum atomic E-state index is -0.156. The van der Waals surface area contributed by atoms with Crippen molar-refractivity contribution in [1.29, 1.82) is 0 Å². The standard InChI is InChI=1S/C13H18N2O2/c1-8(2)17-11-7-5-6-10-12(11)14-13(16)9(3)15(10)4/h5-9H,1-4H3,(H,14,16). The van der Waals surface area contributed by atoms with Gasteiger partial charge in [-0.05, 0) is 32.9 Å². The van der Waals surface area contributed by atoms with Crippen LogP contribution in [0.15, 0.2) is 18.2 Å². The molecule has 0 spiro atoms. The Hall–Kier alpha value is -1.71. The minimum Gasteiger partial charge on any atom is -0.489 e. The van der Waals surface area contributed by atoms with E-state index in [1.54, 1.807) is 0 Å². The summed E-state index contributed by atoms with van der Waals surface area (Å²) >= 11 is 0. The van der Waals surface area contributed by atoms with Crippen LogP contribution < -0.4 is 15.0 Å². The number of anilines is 2. The van der Waals surface area contributed by atoms with Crippen molar-refractivity contribution in [2.24, 2.45) is 0 Å². The molecule has 2 rings (SSSR count). The van der Waals surface area contributed by atoms with Gasteiger partial charge in [0, 0.05) is 7.05 Å². The molecule has 0 bridgehead atoms. The number of nitrogens with one attached hydrogen (secondary N) is 1. The second-order valence-electron chi connectivity index (χ2n) is 4.59. The summed E-state index contributed by atoms with van der Waals surface area (Å²) in [4.78, 5) is 13.8. The van der Waals surface area contributed by atoms with Crippen molar-refractivity contribution in [1.82, 2.24) is 0 Å². The third kappa shape index (κ3) is 2.07. The lowest BCUT2D eigenvalue weighted by Crippen LogP contribution is -2.44. The van der Waals surface area contributed by atoms with E-state index >= 15 is 0 Å². The van der Waals surface area contributed by atoms with Crippen molar-refractivity contribution >= 4 is 17.3 Å². The van der Waals surface area contributed by atoms with Crippen LogP contribution in [0.5, 0.6) is 5.75 Å². The summed E-state index contributed by atoms with van der Waals surface area (Å²) in [5.74, 6) is 0.726. The fourth-order valence-electron chi connectivity index (χ4n) is 1.90. The van der Waals surface area contributed by atoms with Gasteiger partial charge in [-0.25, -0.2) is 0 Å². The Morgan fingerprint density at radius 1 is 1.41 bits per heavy atom. The molecule has 0 saturated heterocycles. The number of rotatable bonds is 2. The summed E-state index contributed by atoms with van der Waals surface area (Å²) < 4.78 is 5.70. The second kappa shape index (κ2) is 4.28. The third-order valence-corrected chi connectivity index (χ3v) is 2.96. The first-order valence-electron chi connectivity index (χ1n) is 5.84. The van der Waals surface area contributed by atoms with E-state index in [0.29, 0.717) is 0 Å². The van der Waals surface area contributed by atoms with Crippen molar-refractivity contribution < 1.29 is 9.53 Å². The topological polar surface area (TPSA) is 41.6 Å². The molecule has 1 aromatic rings. The molecule has 0 fully saturated rings. The first-order chi connectivity index (χ1) is 8.00. The van der Waals surface area contributed by atoms with E-state index < -0.39 is 0 Å². The molecule has 4 nitrogen and oxygen atoms in total. The molecule has 17 heavy (non-hydrogen) atoms. The molecule has 1 aliphatic heterocycles. The summed E-state index contributed by atoms with van der Waals surface area (Å²) in [5.41, 5.74) is 1.77. The maximum absolute atomic E-state index is 11.8. The number of carbonyl (C=O) groups excluding carboxylic acids is 1. The van der Waals surface area contributed by atoms with Crippen LogP contribution in [-0.4, -0.2) is 25.1 Å². The van der Waals surface area contributed by atoms with Gasteiger partial charge < -0.3 is 15.0 Å². The van der Waals surface area contributed by atoms with Crippen molar-refractivity contribution in [3.63, 3.8) is 0 Å². The Morgan fingerprint density at radius 2 is 2.12 bits per heavy atom. The van der Waals surface area contributed by atoms with Gasteiger partial charge in [0.25, 0.3) is 0 Å². The van der Waals surface area contributed by atoms with Crippen molar-refractivity contribution in [2.45, 2.75) is 32.9 Å².